The van der Waals surface area contributed by atoms with Crippen molar-refractivity contribution in [1.29, 1.82) is 0 Å². The molecule has 26 heavy (non-hydrogen) atoms. The van der Waals surface area contributed by atoms with Gasteiger partial charge in [0.2, 0.25) is 11.1 Å². The molecule has 0 amide bonds. The number of methoxy groups -OCH3 is 1. The number of fused-ring (bicyclic) bond motifs is 2. The molecule has 1 aromatic carbocycles. The Morgan fingerprint density at radius 2 is 2.23 bits per heavy atom. The van der Waals surface area contributed by atoms with E-state index in [9.17, 15) is 4.79 Å². The summed E-state index contributed by atoms with van der Waals surface area (Å²) in [7, 11) is 1.41. The maximum atomic E-state index is 11.8. The van der Waals surface area contributed by atoms with Crippen LogP contribution in [-0.2, 0) is 15.8 Å². The molecule has 0 radical (unpaired) electrons. The molecule has 7 heteroatoms. The predicted octanol–water partition coefficient (Wildman–Crippen LogP) is 1.41. The van der Waals surface area contributed by atoms with Crippen LogP contribution in [-0.4, -0.2) is 27.8 Å². The topological polar surface area (TPSA) is 69.0 Å². The number of hydrogen-bond acceptors (Lipinski definition) is 5. The summed E-state index contributed by atoms with van der Waals surface area (Å²) in [5, 5.41) is 13.8. The Hall–Kier alpha value is -2.54. The van der Waals surface area contributed by atoms with Crippen molar-refractivity contribution in [3.63, 3.8) is 0 Å². The van der Waals surface area contributed by atoms with Crippen molar-refractivity contribution in [3.05, 3.63) is 51.5 Å². The van der Waals surface area contributed by atoms with E-state index in [0.29, 0.717) is 11.6 Å². The van der Waals surface area contributed by atoms with Crippen molar-refractivity contribution < 1.29 is 9.53 Å². The van der Waals surface area contributed by atoms with Gasteiger partial charge in [-0.2, -0.15) is 4.72 Å². The van der Waals surface area contributed by atoms with Gasteiger partial charge in [-0.1, -0.05) is 17.2 Å². The first-order valence-electron chi connectivity index (χ1n) is 8.61. The lowest BCUT2D eigenvalue weighted by atomic mass is 10.1. The fourth-order valence-electron chi connectivity index (χ4n) is 3.25. The zero-order valence-electron chi connectivity index (χ0n) is 15.0. The van der Waals surface area contributed by atoms with Gasteiger partial charge in [-0.3, -0.25) is 4.57 Å². The number of rotatable bonds is 3. The Morgan fingerprint density at radius 1 is 1.38 bits per heavy atom. The Kier molecular flexibility index (Phi) is 4.32. The highest BCUT2D eigenvalue weighted by Gasteiger charge is 2.37. The molecule has 2 aliphatic rings. The molecule has 0 bridgehead atoms. The Labute approximate surface area is 154 Å². The normalized spacial score (nSPS) is 18.4. The number of aromatic nitrogens is 3. The third-order valence-corrected chi connectivity index (χ3v) is 6.24. The number of carbonyl (C=O) groups excluding carboxylic acids is 1. The fourth-order valence-corrected chi connectivity index (χ4v) is 5.10. The van der Waals surface area contributed by atoms with Crippen LogP contribution in [0, 0.1) is 0 Å². The van der Waals surface area contributed by atoms with Crippen molar-refractivity contribution in [2.75, 3.05) is 7.11 Å². The summed E-state index contributed by atoms with van der Waals surface area (Å²) in [5.74, 6) is -0.310. The Balaban J connectivity index is 1.80. The van der Waals surface area contributed by atoms with E-state index >= 15 is 0 Å². The second-order valence-corrected chi connectivity index (χ2v) is 8.09. The standard InChI is InChI=1S/C19H21N4O2S/c1-12(2)23-11-20-21-19(23)26-10-15-6-4-5-13-9-14(18(24)25-3)7-8-16(13)17(15)22-26/h5,7-12,22H,4,6H2,1-3H3/q+1. The SMILES string of the molecule is COC(=O)c1ccc2c(c1)=CCCC1=C[S+](c3nncn3C(C)C)NC=21. The van der Waals surface area contributed by atoms with Gasteiger partial charge in [-0.15, -0.1) is 5.10 Å². The highest BCUT2D eigenvalue weighted by Crippen LogP contribution is 2.29. The van der Waals surface area contributed by atoms with E-state index in [2.05, 4.69) is 44.8 Å². The van der Waals surface area contributed by atoms with E-state index in [-0.39, 0.29) is 17.1 Å². The van der Waals surface area contributed by atoms with Crippen molar-refractivity contribution in [3.8, 4) is 0 Å². The summed E-state index contributed by atoms with van der Waals surface area (Å²) in [6.45, 7) is 4.26. The molecular weight excluding hydrogens is 348 g/mol. The van der Waals surface area contributed by atoms with E-state index in [1.807, 2.05) is 18.2 Å². The Morgan fingerprint density at radius 3 is 3.00 bits per heavy atom. The van der Waals surface area contributed by atoms with Gasteiger partial charge in [0.15, 0.2) is 5.41 Å². The summed E-state index contributed by atoms with van der Waals surface area (Å²) in [4.78, 5) is 11.8. The van der Waals surface area contributed by atoms with E-state index < -0.39 is 0 Å². The number of carbonyl (C=O) groups is 1. The zero-order chi connectivity index (χ0) is 18.3. The minimum absolute atomic E-state index is 0.308. The van der Waals surface area contributed by atoms with Crippen molar-refractivity contribution in [1.82, 2.24) is 19.5 Å². The summed E-state index contributed by atoms with van der Waals surface area (Å²) in [5.41, 5.74) is 3.01. The van der Waals surface area contributed by atoms with Crippen molar-refractivity contribution in [2.24, 2.45) is 0 Å². The highest BCUT2D eigenvalue weighted by molar-refractivity contribution is 7.98. The van der Waals surface area contributed by atoms with Gasteiger partial charge in [0.05, 0.1) is 18.4 Å². The summed E-state index contributed by atoms with van der Waals surface area (Å²) >= 11 is -0.308. The average Bonchev–Trinajstić information content (AvgIpc) is 3.25. The van der Waals surface area contributed by atoms with Gasteiger partial charge in [0, 0.05) is 16.8 Å². The van der Waals surface area contributed by atoms with Crippen molar-refractivity contribution >= 4 is 28.8 Å². The first-order chi connectivity index (χ1) is 12.6. The van der Waals surface area contributed by atoms with Crippen LogP contribution in [0.3, 0.4) is 0 Å². The number of nitrogens with zero attached hydrogens (tertiary/aromatic N) is 3. The molecule has 134 valence electrons. The second-order valence-electron chi connectivity index (χ2n) is 6.61. The van der Waals surface area contributed by atoms with Crippen LogP contribution in [0.15, 0.2) is 40.7 Å². The van der Waals surface area contributed by atoms with Crippen LogP contribution >= 0.6 is 0 Å². The van der Waals surface area contributed by atoms with Gasteiger partial charge in [0.1, 0.15) is 6.33 Å². The number of benzene rings is 1. The predicted molar refractivity (Wildman–Crippen MR) is 101 cm³/mol. The van der Waals surface area contributed by atoms with Crippen molar-refractivity contribution in [2.45, 2.75) is 37.9 Å². The largest absolute Gasteiger partial charge is 0.465 e. The lowest BCUT2D eigenvalue weighted by molar-refractivity contribution is 0.0600. The molecule has 2 heterocycles. The molecule has 1 atom stereocenters. The molecule has 1 unspecified atom stereocenters. The third kappa shape index (κ3) is 2.82. The minimum atomic E-state index is -0.310. The quantitative estimate of drug-likeness (QED) is 0.654. The summed E-state index contributed by atoms with van der Waals surface area (Å²) < 4.78 is 10.6. The average molecular weight is 369 g/mol. The third-order valence-electron chi connectivity index (χ3n) is 4.61. The second kappa shape index (κ2) is 6.64. The molecule has 0 spiro atoms. The van der Waals surface area contributed by atoms with Gasteiger partial charge >= 0.3 is 11.1 Å². The van der Waals surface area contributed by atoms with Gasteiger partial charge in [-0.25, -0.2) is 4.79 Å². The highest BCUT2D eigenvalue weighted by atomic mass is 32.2. The lowest BCUT2D eigenvalue weighted by Gasteiger charge is -2.07. The number of esters is 1. The van der Waals surface area contributed by atoms with E-state index in [1.165, 1.54) is 12.7 Å². The smallest absolute Gasteiger partial charge is 0.377 e. The molecule has 0 saturated heterocycles. The molecular formula is C19H21N4O2S+. The van der Waals surface area contributed by atoms with Crippen LogP contribution in [0.5, 0.6) is 0 Å². The number of hydrogen-bond donors (Lipinski definition) is 1. The molecule has 1 aromatic heterocycles. The van der Waals surface area contributed by atoms with Gasteiger partial charge < -0.3 is 4.74 Å². The molecule has 6 nitrogen and oxygen atoms in total. The summed E-state index contributed by atoms with van der Waals surface area (Å²) in [6, 6.07) is 6.04. The number of ether oxygens (including phenoxy) is 1. The van der Waals surface area contributed by atoms with E-state index in [1.54, 1.807) is 6.33 Å². The molecule has 2 aromatic rings. The fraction of sp³-hybridized carbons (Fsp3) is 0.316. The van der Waals surface area contributed by atoms with Crippen LogP contribution in [0.4, 0.5) is 0 Å². The molecule has 1 aliphatic carbocycles. The first-order valence-corrected chi connectivity index (χ1v) is 9.90. The molecule has 1 aliphatic heterocycles. The van der Waals surface area contributed by atoms with Crippen LogP contribution < -0.4 is 15.2 Å². The monoisotopic (exact) mass is 369 g/mol. The van der Waals surface area contributed by atoms with Gasteiger partial charge in [0.25, 0.3) is 0 Å². The molecule has 0 saturated carbocycles. The van der Waals surface area contributed by atoms with E-state index in [0.717, 1.165) is 34.1 Å². The number of nitrogens with one attached hydrogen (secondary N) is 1. The lowest BCUT2D eigenvalue weighted by Crippen LogP contribution is -2.32. The maximum Gasteiger partial charge on any atom is 0.377 e. The van der Waals surface area contributed by atoms with Crippen LogP contribution in [0.1, 0.15) is 43.1 Å². The van der Waals surface area contributed by atoms with Crippen LogP contribution in [0.2, 0.25) is 0 Å². The summed E-state index contributed by atoms with van der Waals surface area (Å²) in [6.07, 6.45) is 5.87. The Bertz CT molecular complexity index is 1020. The van der Waals surface area contributed by atoms with Crippen LogP contribution in [0.25, 0.3) is 11.8 Å². The maximum absolute atomic E-state index is 11.8. The minimum Gasteiger partial charge on any atom is -0.465 e. The van der Waals surface area contributed by atoms with E-state index in [4.69, 9.17) is 4.74 Å². The zero-order valence-corrected chi connectivity index (χ0v) is 15.8. The molecule has 0 fully saturated rings. The van der Waals surface area contributed by atoms with Gasteiger partial charge in [-0.05, 0) is 44.0 Å². The molecule has 1 N–H and O–H groups in total. The molecule has 4 rings (SSSR count). The first kappa shape index (κ1) is 16.9.